The molecule has 3 nitrogen and oxygen atoms in total. The summed E-state index contributed by atoms with van der Waals surface area (Å²) in [5.41, 5.74) is 2.69. The Labute approximate surface area is 143 Å². The number of hydrogen-bond acceptors (Lipinski definition) is 4. The van der Waals surface area contributed by atoms with E-state index in [0.29, 0.717) is 10.7 Å². The lowest BCUT2D eigenvalue weighted by Crippen LogP contribution is -2.11. The first kappa shape index (κ1) is 15.8. The molecule has 1 aromatic heterocycles. The van der Waals surface area contributed by atoms with Gasteiger partial charge in [-0.1, -0.05) is 35.9 Å². The summed E-state index contributed by atoms with van der Waals surface area (Å²) in [7, 11) is 0. The summed E-state index contributed by atoms with van der Waals surface area (Å²) in [6.45, 7) is 1.97. The minimum absolute atomic E-state index is 0.120. The van der Waals surface area contributed by atoms with Crippen LogP contribution in [-0.4, -0.2) is 10.9 Å². The normalized spacial score (nSPS) is 10.5. The first-order chi connectivity index (χ1) is 11.2. The molecule has 3 rings (SSSR count). The lowest BCUT2D eigenvalue weighted by Gasteiger charge is -2.02. The number of benzene rings is 2. The van der Waals surface area contributed by atoms with Crippen molar-refractivity contribution < 1.29 is 4.79 Å². The molecular weight excluding hydrogens is 324 g/mol. The van der Waals surface area contributed by atoms with Crippen LogP contribution in [0.1, 0.15) is 21.6 Å². The van der Waals surface area contributed by atoms with Gasteiger partial charge in [-0.3, -0.25) is 10.1 Å². The minimum atomic E-state index is -0.120. The van der Waals surface area contributed by atoms with Crippen LogP contribution in [0.25, 0.3) is 0 Å². The third-order valence-corrected chi connectivity index (χ3v) is 5.03. The van der Waals surface area contributed by atoms with E-state index in [0.717, 1.165) is 17.0 Å². The summed E-state index contributed by atoms with van der Waals surface area (Å²) < 4.78 is 0. The lowest BCUT2D eigenvalue weighted by atomic mass is 10.1. The first-order valence-corrected chi connectivity index (χ1v) is 9.07. The number of aryl methyl sites for hydroxylation is 1. The van der Waals surface area contributed by atoms with E-state index in [2.05, 4.69) is 22.4 Å². The minimum Gasteiger partial charge on any atom is -0.298 e. The van der Waals surface area contributed by atoms with E-state index in [9.17, 15) is 4.79 Å². The highest BCUT2D eigenvalue weighted by Crippen LogP contribution is 2.25. The Morgan fingerprint density at radius 2 is 2.00 bits per heavy atom. The number of carbonyl (C=O) groups is 1. The average molecular weight is 340 g/mol. The number of hydrogen-bond donors (Lipinski definition) is 1. The van der Waals surface area contributed by atoms with Gasteiger partial charge in [0.2, 0.25) is 0 Å². The Morgan fingerprint density at radius 1 is 1.17 bits per heavy atom. The summed E-state index contributed by atoms with van der Waals surface area (Å²) in [6, 6.07) is 17.7. The highest BCUT2D eigenvalue weighted by molar-refractivity contribution is 7.98. The van der Waals surface area contributed by atoms with Crippen LogP contribution >= 0.6 is 23.1 Å². The van der Waals surface area contributed by atoms with Crippen molar-refractivity contribution in [1.82, 2.24) is 4.98 Å². The highest BCUT2D eigenvalue weighted by Gasteiger charge is 2.09. The van der Waals surface area contributed by atoms with Crippen LogP contribution in [-0.2, 0) is 5.75 Å². The van der Waals surface area contributed by atoms with Crippen molar-refractivity contribution in [3.05, 3.63) is 76.8 Å². The Bertz CT molecular complexity index is 800. The van der Waals surface area contributed by atoms with Crippen molar-refractivity contribution in [3.63, 3.8) is 0 Å². The fraction of sp³-hybridized carbons (Fsp3) is 0.111. The number of anilines is 1. The molecule has 116 valence electrons. The quantitative estimate of drug-likeness (QED) is 0.665. The zero-order valence-corrected chi connectivity index (χ0v) is 14.3. The number of nitrogens with one attached hydrogen (secondary N) is 1. The molecule has 0 spiro atoms. The van der Waals surface area contributed by atoms with Gasteiger partial charge in [-0.25, -0.2) is 4.98 Å². The van der Waals surface area contributed by atoms with Crippen molar-refractivity contribution in [3.8, 4) is 0 Å². The van der Waals surface area contributed by atoms with Crippen LogP contribution in [0.2, 0.25) is 0 Å². The van der Waals surface area contributed by atoms with Crippen molar-refractivity contribution in [2.24, 2.45) is 0 Å². The molecule has 0 unspecified atom stereocenters. The van der Waals surface area contributed by atoms with Gasteiger partial charge in [-0.15, -0.1) is 23.1 Å². The maximum absolute atomic E-state index is 12.2. The van der Waals surface area contributed by atoms with Gasteiger partial charge in [0, 0.05) is 21.6 Å². The summed E-state index contributed by atoms with van der Waals surface area (Å²) in [5.74, 6) is 0.672. The molecule has 0 fully saturated rings. The number of rotatable bonds is 5. The number of carbonyl (C=O) groups excluding carboxylic acids is 1. The van der Waals surface area contributed by atoms with E-state index in [1.54, 1.807) is 11.8 Å². The molecule has 0 saturated carbocycles. The van der Waals surface area contributed by atoms with Crippen LogP contribution in [0.15, 0.2) is 64.9 Å². The fourth-order valence-electron chi connectivity index (χ4n) is 2.06. The van der Waals surface area contributed by atoms with Gasteiger partial charge in [0.05, 0.1) is 5.69 Å². The molecule has 0 bridgehead atoms. The Hall–Kier alpha value is -2.11. The third kappa shape index (κ3) is 4.43. The van der Waals surface area contributed by atoms with Crippen LogP contribution in [0.4, 0.5) is 5.13 Å². The van der Waals surface area contributed by atoms with E-state index in [1.165, 1.54) is 16.2 Å². The molecule has 0 aliphatic carbocycles. The molecule has 0 saturated heterocycles. The van der Waals surface area contributed by atoms with E-state index >= 15 is 0 Å². The summed E-state index contributed by atoms with van der Waals surface area (Å²) in [4.78, 5) is 17.9. The Kier molecular flexibility index (Phi) is 5.10. The number of aromatic nitrogens is 1. The number of nitrogens with zero attached hydrogens (tertiary/aromatic N) is 1. The Balaban J connectivity index is 1.60. The highest BCUT2D eigenvalue weighted by atomic mass is 32.2. The molecule has 0 aliphatic rings. The maximum Gasteiger partial charge on any atom is 0.257 e. The fourth-order valence-corrected chi connectivity index (χ4v) is 3.68. The van der Waals surface area contributed by atoms with Crippen molar-refractivity contribution in [2.45, 2.75) is 17.6 Å². The Morgan fingerprint density at radius 3 is 2.78 bits per heavy atom. The predicted octanol–water partition coefficient (Wildman–Crippen LogP) is 5.00. The molecule has 5 heteroatoms. The van der Waals surface area contributed by atoms with Crippen LogP contribution in [0, 0.1) is 6.92 Å². The van der Waals surface area contributed by atoms with Crippen molar-refractivity contribution in [2.75, 3.05) is 5.32 Å². The van der Waals surface area contributed by atoms with Gasteiger partial charge in [0.15, 0.2) is 5.13 Å². The molecule has 3 aromatic rings. The van der Waals surface area contributed by atoms with Crippen LogP contribution in [0.5, 0.6) is 0 Å². The third-order valence-electron chi connectivity index (χ3n) is 3.18. The number of thiazole rings is 1. The van der Waals surface area contributed by atoms with E-state index in [-0.39, 0.29) is 5.91 Å². The molecule has 0 aliphatic heterocycles. The summed E-state index contributed by atoms with van der Waals surface area (Å²) in [6.07, 6.45) is 0. The zero-order chi connectivity index (χ0) is 16.1. The molecule has 1 amide bonds. The van der Waals surface area contributed by atoms with Crippen molar-refractivity contribution in [1.29, 1.82) is 0 Å². The van der Waals surface area contributed by atoms with E-state index < -0.39 is 0 Å². The molecule has 23 heavy (non-hydrogen) atoms. The topological polar surface area (TPSA) is 42.0 Å². The van der Waals surface area contributed by atoms with Gasteiger partial charge in [0.1, 0.15) is 0 Å². The SMILES string of the molecule is Cc1cccc(C(=O)Nc2nc(CSc3ccccc3)cs2)c1. The maximum atomic E-state index is 12.2. The van der Waals surface area contributed by atoms with Gasteiger partial charge in [0.25, 0.3) is 5.91 Å². The largest absolute Gasteiger partial charge is 0.298 e. The summed E-state index contributed by atoms with van der Waals surface area (Å²) in [5, 5.41) is 5.49. The second-order valence-corrected chi connectivity index (χ2v) is 6.98. The monoisotopic (exact) mass is 340 g/mol. The molecular formula is C18H16N2OS2. The predicted molar refractivity (Wildman–Crippen MR) is 97.2 cm³/mol. The number of thioether (sulfide) groups is 1. The van der Waals surface area contributed by atoms with Crippen LogP contribution < -0.4 is 5.32 Å². The zero-order valence-electron chi connectivity index (χ0n) is 12.7. The van der Waals surface area contributed by atoms with Crippen LogP contribution in [0.3, 0.4) is 0 Å². The van der Waals surface area contributed by atoms with Gasteiger partial charge >= 0.3 is 0 Å². The van der Waals surface area contributed by atoms with E-state index in [1.807, 2.05) is 54.8 Å². The molecule has 0 radical (unpaired) electrons. The molecule has 1 heterocycles. The van der Waals surface area contributed by atoms with Crippen molar-refractivity contribution >= 4 is 34.1 Å². The number of amides is 1. The standard InChI is InChI=1S/C18H16N2OS2/c1-13-6-5-7-14(10-13)17(21)20-18-19-15(12-23-18)11-22-16-8-3-2-4-9-16/h2-10,12H,11H2,1H3,(H,19,20,21). The van der Waals surface area contributed by atoms with Gasteiger partial charge in [-0.2, -0.15) is 0 Å². The first-order valence-electron chi connectivity index (χ1n) is 7.21. The lowest BCUT2D eigenvalue weighted by molar-refractivity contribution is 0.102. The molecule has 1 N–H and O–H groups in total. The van der Waals surface area contributed by atoms with Gasteiger partial charge in [-0.05, 0) is 31.2 Å². The van der Waals surface area contributed by atoms with E-state index in [4.69, 9.17) is 0 Å². The average Bonchev–Trinajstić information content (AvgIpc) is 3.01. The van der Waals surface area contributed by atoms with Gasteiger partial charge < -0.3 is 0 Å². The summed E-state index contributed by atoms with van der Waals surface area (Å²) >= 11 is 3.19. The second-order valence-electron chi connectivity index (χ2n) is 5.07. The second kappa shape index (κ2) is 7.44. The molecule has 0 atom stereocenters. The smallest absolute Gasteiger partial charge is 0.257 e. The molecule has 2 aromatic carbocycles.